The van der Waals surface area contributed by atoms with E-state index in [2.05, 4.69) is 18.6 Å². The summed E-state index contributed by atoms with van der Waals surface area (Å²) in [5.74, 6) is 0.444. The van der Waals surface area contributed by atoms with Gasteiger partial charge in [-0.15, -0.1) is 0 Å². The van der Waals surface area contributed by atoms with Crippen molar-refractivity contribution in [3.63, 3.8) is 0 Å². The zero-order valence-corrected chi connectivity index (χ0v) is 8.95. The number of nitrogens with one attached hydrogen (secondary N) is 1. The summed E-state index contributed by atoms with van der Waals surface area (Å²) in [7, 11) is -2.99. The van der Waals surface area contributed by atoms with Gasteiger partial charge in [0.2, 0.25) is 10.0 Å². The molecule has 0 heterocycles. The summed E-state index contributed by atoms with van der Waals surface area (Å²) in [6, 6.07) is 0. The van der Waals surface area contributed by atoms with Gasteiger partial charge in [0.25, 0.3) is 0 Å². The fourth-order valence-electron chi connectivity index (χ4n) is 0.948. The van der Waals surface area contributed by atoms with Gasteiger partial charge in [0, 0.05) is 6.54 Å². The Bertz CT molecular complexity index is 199. The molecule has 0 saturated heterocycles. The van der Waals surface area contributed by atoms with E-state index < -0.39 is 10.0 Å². The summed E-state index contributed by atoms with van der Waals surface area (Å²) in [6.45, 7) is 4.77. The Morgan fingerprint density at radius 3 is 2.42 bits per heavy atom. The third-order valence-electron chi connectivity index (χ3n) is 1.74. The minimum atomic E-state index is -2.99. The third-order valence-corrected chi connectivity index (χ3v) is 2.44. The van der Waals surface area contributed by atoms with Crippen LogP contribution in [-0.2, 0) is 10.0 Å². The SMILES string of the molecule is CCCC[C@H](C)CNS(C)(=O)=O. The Hall–Kier alpha value is -0.0900. The largest absolute Gasteiger partial charge is 0.215 e. The molecule has 1 atom stereocenters. The van der Waals surface area contributed by atoms with Gasteiger partial charge in [-0.1, -0.05) is 26.7 Å². The minimum absolute atomic E-state index is 0.444. The standard InChI is InChI=1S/C8H19NO2S/c1-4-5-6-8(2)7-9-12(3,10)11/h8-9H,4-7H2,1-3H3/t8-/m0/s1. The van der Waals surface area contributed by atoms with Crippen molar-refractivity contribution >= 4 is 10.0 Å². The maximum absolute atomic E-state index is 10.7. The maximum Gasteiger partial charge on any atom is 0.208 e. The Kier molecular flexibility index (Phi) is 5.50. The average molecular weight is 193 g/mol. The number of hydrogen-bond acceptors (Lipinski definition) is 2. The molecular formula is C8H19NO2S. The summed E-state index contributed by atoms with van der Waals surface area (Å²) < 4.78 is 23.9. The van der Waals surface area contributed by atoms with E-state index in [1.807, 2.05) is 0 Å². The van der Waals surface area contributed by atoms with Crippen LogP contribution in [0.5, 0.6) is 0 Å². The van der Waals surface area contributed by atoms with E-state index in [1.165, 1.54) is 19.1 Å². The van der Waals surface area contributed by atoms with Crippen LogP contribution in [0.4, 0.5) is 0 Å². The van der Waals surface area contributed by atoms with E-state index in [1.54, 1.807) is 0 Å². The molecule has 0 amide bonds. The van der Waals surface area contributed by atoms with E-state index >= 15 is 0 Å². The van der Waals surface area contributed by atoms with E-state index in [9.17, 15) is 8.42 Å². The van der Waals surface area contributed by atoms with Gasteiger partial charge in [-0.05, 0) is 12.3 Å². The fraction of sp³-hybridized carbons (Fsp3) is 1.00. The second-order valence-electron chi connectivity index (χ2n) is 3.37. The molecule has 0 aliphatic carbocycles. The number of hydrogen-bond donors (Lipinski definition) is 1. The molecular weight excluding hydrogens is 174 g/mol. The lowest BCUT2D eigenvalue weighted by molar-refractivity contribution is 0.492. The van der Waals surface area contributed by atoms with Crippen molar-refractivity contribution in [2.75, 3.05) is 12.8 Å². The molecule has 0 aliphatic heterocycles. The summed E-state index contributed by atoms with van der Waals surface area (Å²) in [5.41, 5.74) is 0. The van der Waals surface area contributed by atoms with Gasteiger partial charge in [-0.2, -0.15) is 0 Å². The molecule has 12 heavy (non-hydrogen) atoms. The minimum Gasteiger partial charge on any atom is -0.215 e. The Morgan fingerprint density at radius 1 is 1.42 bits per heavy atom. The molecule has 0 radical (unpaired) electrons. The second kappa shape index (κ2) is 5.54. The molecule has 4 heteroatoms. The van der Waals surface area contributed by atoms with Crippen LogP contribution in [-0.4, -0.2) is 21.2 Å². The van der Waals surface area contributed by atoms with Crippen molar-refractivity contribution in [3.8, 4) is 0 Å². The van der Waals surface area contributed by atoms with E-state index in [-0.39, 0.29) is 0 Å². The molecule has 0 fully saturated rings. The predicted molar refractivity (Wildman–Crippen MR) is 51.5 cm³/mol. The lowest BCUT2D eigenvalue weighted by Gasteiger charge is -2.10. The highest BCUT2D eigenvalue weighted by atomic mass is 32.2. The number of sulfonamides is 1. The van der Waals surface area contributed by atoms with Crippen LogP contribution in [0.2, 0.25) is 0 Å². The molecule has 1 N–H and O–H groups in total. The highest BCUT2D eigenvalue weighted by Crippen LogP contribution is 2.05. The molecule has 0 aromatic rings. The zero-order chi connectivity index (χ0) is 9.61. The number of unbranched alkanes of at least 4 members (excludes halogenated alkanes) is 1. The van der Waals surface area contributed by atoms with Crippen molar-refractivity contribution in [3.05, 3.63) is 0 Å². The van der Waals surface area contributed by atoms with Gasteiger partial charge in [-0.25, -0.2) is 13.1 Å². The normalized spacial score (nSPS) is 14.6. The summed E-state index contributed by atoms with van der Waals surface area (Å²) in [6.07, 6.45) is 4.63. The van der Waals surface area contributed by atoms with Crippen LogP contribution < -0.4 is 4.72 Å². The monoisotopic (exact) mass is 193 g/mol. The Labute approximate surface area is 75.6 Å². The summed E-state index contributed by atoms with van der Waals surface area (Å²) in [5, 5.41) is 0. The van der Waals surface area contributed by atoms with E-state index in [0.29, 0.717) is 12.5 Å². The molecule has 0 bridgehead atoms. The molecule has 74 valence electrons. The Morgan fingerprint density at radius 2 is 2.00 bits per heavy atom. The van der Waals surface area contributed by atoms with Gasteiger partial charge in [0.15, 0.2) is 0 Å². The zero-order valence-electron chi connectivity index (χ0n) is 8.13. The number of rotatable bonds is 6. The van der Waals surface area contributed by atoms with Crippen molar-refractivity contribution in [1.29, 1.82) is 0 Å². The average Bonchev–Trinajstić information content (AvgIpc) is 1.95. The molecule has 0 aromatic heterocycles. The first kappa shape index (κ1) is 11.9. The van der Waals surface area contributed by atoms with Gasteiger partial charge in [0.05, 0.1) is 6.26 Å². The highest BCUT2D eigenvalue weighted by Gasteiger charge is 2.04. The lowest BCUT2D eigenvalue weighted by atomic mass is 10.1. The van der Waals surface area contributed by atoms with Crippen LogP contribution >= 0.6 is 0 Å². The van der Waals surface area contributed by atoms with Crippen molar-refractivity contribution in [1.82, 2.24) is 4.72 Å². The second-order valence-corrected chi connectivity index (χ2v) is 5.20. The lowest BCUT2D eigenvalue weighted by Crippen LogP contribution is -2.27. The Balaban J connectivity index is 3.51. The molecule has 0 aliphatic rings. The molecule has 0 unspecified atom stereocenters. The van der Waals surface area contributed by atoms with Crippen LogP contribution in [0.25, 0.3) is 0 Å². The van der Waals surface area contributed by atoms with Crippen molar-refractivity contribution in [2.24, 2.45) is 5.92 Å². The predicted octanol–water partition coefficient (Wildman–Crippen LogP) is 1.36. The quantitative estimate of drug-likeness (QED) is 0.692. The van der Waals surface area contributed by atoms with Crippen LogP contribution in [0.15, 0.2) is 0 Å². The first-order valence-corrected chi connectivity index (χ1v) is 6.29. The van der Waals surface area contributed by atoms with Crippen molar-refractivity contribution < 1.29 is 8.42 Å². The summed E-state index contributed by atoms with van der Waals surface area (Å²) >= 11 is 0. The highest BCUT2D eigenvalue weighted by molar-refractivity contribution is 7.88. The van der Waals surface area contributed by atoms with Gasteiger partial charge < -0.3 is 0 Å². The first-order valence-electron chi connectivity index (χ1n) is 4.40. The fourth-order valence-corrected chi connectivity index (χ4v) is 1.54. The van der Waals surface area contributed by atoms with Crippen LogP contribution in [0.3, 0.4) is 0 Å². The maximum atomic E-state index is 10.7. The molecule has 0 aromatic carbocycles. The molecule has 0 saturated carbocycles. The van der Waals surface area contributed by atoms with E-state index in [0.717, 1.165) is 6.42 Å². The van der Waals surface area contributed by atoms with Gasteiger partial charge >= 0.3 is 0 Å². The topological polar surface area (TPSA) is 46.2 Å². The molecule has 3 nitrogen and oxygen atoms in total. The smallest absolute Gasteiger partial charge is 0.208 e. The van der Waals surface area contributed by atoms with Crippen molar-refractivity contribution in [2.45, 2.75) is 33.1 Å². The van der Waals surface area contributed by atoms with Crippen LogP contribution in [0.1, 0.15) is 33.1 Å². The summed E-state index contributed by atoms with van der Waals surface area (Å²) in [4.78, 5) is 0. The van der Waals surface area contributed by atoms with Gasteiger partial charge in [0.1, 0.15) is 0 Å². The van der Waals surface area contributed by atoms with E-state index in [4.69, 9.17) is 0 Å². The third kappa shape index (κ3) is 8.01. The first-order chi connectivity index (χ1) is 5.45. The molecule has 0 spiro atoms. The van der Waals surface area contributed by atoms with Gasteiger partial charge in [-0.3, -0.25) is 0 Å². The van der Waals surface area contributed by atoms with Crippen LogP contribution in [0, 0.1) is 5.92 Å². The molecule has 0 rings (SSSR count).